The SMILES string of the molecule is CCO[C@H](C)C(=O)NCc1nnc(CC)s1. The average molecular weight is 243 g/mol. The Morgan fingerprint density at radius 3 is 2.69 bits per heavy atom. The molecule has 90 valence electrons. The number of ether oxygens (including phenoxy) is 1. The number of amides is 1. The van der Waals surface area contributed by atoms with Crippen molar-refractivity contribution in [2.75, 3.05) is 6.61 Å². The molecule has 0 bridgehead atoms. The summed E-state index contributed by atoms with van der Waals surface area (Å²) in [6.07, 6.45) is 0.463. The summed E-state index contributed by atoms with van der Waals surface area (Å²) in [7, 11) is 0. The van der Waals surface area contributed by atoms with Crippen molar-refractivity contribution in [3.05, 3.63) is 10.0 Å². The van der Waals surface area contributed by atoms with Crippen molar-refractivity contribution in [1.82, 2.24) is 15.5 Å². The molecule has 1 aromatic heterocycles. The molecule has 1 rings (SSSR count). The van der Waals surface area contributed by atoms with Crippen molar-refractivity contribution in [2.24, 2.45) is 0 Å². The number of aryl methyl sites for hydroxylation is 1. The van der Waals surface area contributed by atoms with E-state index >= 15 is 0 Å². The number of carbonyl (C=O) groups is 1. The first kappa shape index (κ1) is 13.1. The van der Waals surface area contributed by atoms with Gasteiger partial charge in [-0.1, -0.05) is 18.3 Å². The van der Waals surface area contributed by atoms with Crippen LogP contribution in [0, 0.1) is 0 Å². The maximum absolute atomic E-state index is 11.5. The van der Waals surface area contributed by atoms with Crippen LogP contribution in [0.1, 0.15) is 30.8 Å². The van der Waals surface area contributed by atoms with Crippen LogP contribution in [0.25, 0.3) is 0 Å². The topological polar surface area (TPSA) is 64.1 Å². The lowest BCUT2D eigenvalue weighted by atomic mass is 10.4. The van der Waals surface area contributed by atoms with Gasteiger partial charge in [0.2, 0.25) is 5.91 Å². The summed E-state index contributed by atoms with van der Waals surface area (Å²) in [5.41, 5.74) is 0. The Morgan fingerprint density at radius 2 is 2.12 bits per heavy atom. The minimum Gasteiger partial charge on any atom is -0.369 e. The molecule has 0 saturated carbocycles. The lowest BCUT2D eigenvalue weighted by Gasteiger charge is -2.10. The summed E-state index contributed by atoms with van der Waals surface area (Å²) in [5.74, 6) is -0.116. The molecular formula is C10H17N3O2S. The second kappa shape index (κ2) is 6.55. The van der Waals surface area contributed by atoms with E-state index in [9.17, 15) is 4.79 Å². The van der Waals surface area contributed by atoms with Crippen LogP contribution in [0.15, 0.2) is 0 Å². The fourth-order valence-corrected chi connectivity index (χ4v) is 1.86. The largest absolute Gasteiger partial charge is 0.369 e. The van der Waals surface area contributed by atoms with Gasteiger partial charge >= 0.3 is 0 Å². The standard InChI is InChI=1S/C10H17N3O2S/c1-4-8-12-13-9(16-8)6-11-10(14)7(3)15-5-2/h7H,4-6H2,1-3H3,(H,11,14)/t7-/m1/s1. The average Bonchev–Trinajstić information content (AvgIpc) is 2.74. The number of hydrogen-bond donors (Lipinski definition) is 1. The third-order valence-electron chi connectivity index (χ3n) is 2.01. The molecule has 0 aromatic carbocycles. The van der Waals surface area contributed by atoms with Gasteiger partial charge in [0.25, 0.3) is 0 Å². The third-order valence-corrected chi connectivity index (χ3v) is 3.08. The lowest BCUT2D eigenvalue weighted by molar-refractivity contribution is -0.131. The molecule has 1 N–H and O–H groups in total. The number of rotatable bonds is 6. The number of nitrogens with zero attached hydrogens (tertiary/aromatic N) is 2. The monoisotopic (exact) mass is 243 g/mol. The second-order valence-corrected chi connectivity index (χ2v) is 4.41. The molecule has 6 heteroatoms. The molecular weight excluding hydrogens is 226 g/mol. The summed E-state index contributed by atoms with van der Waals surface area (Å²) >= 11 is 1.52. The fraction of sp³-hybridized carbons (Fsp3) is 0.700. The van der Waals surface area contributed by atoms with Crippen molar-refractivity contribution in [2.45, 2.75) is 39.8 Å². The molecule has 0 spiro atoms. The number of hydrogen-bond acceptors (Lipinski definition) is 5. The van der Waals surface area contributed by atoms with Gasteiger partial charge in [-0.05, 0) is 20.3 Å². The molecule has 1 amide bonds. The van der Waals surface area contributed by atoms with Crippen LogP contribution in [-0.4, -0.2) is 28.8 Å². The van der Waals surface area contributed by atoms with Gasteiger partial charge < -0.3 is 10.1 Å². The number of nitrogens with one attached hydrogen (secondary N) is 1. The van der Waals surface area contributed by atoms with Crippen LogP contribution in [0.3, 0.4) is 0 Å². The van der Waals surface area contributed by atoms with E-state index in [1.54, 1.807) is 6.92 Å². The van der Waals surface area contributed by atoms with E-state index in [4.69, 9.17) is 4.74 Å². The highest BCUT2D eigenvalue weighted by Gasteiger charge is 2.12. The van der Waals surface area contributed by atoms with E-state index in [1.165, 1.54) is 11.3 Å². The van der Waals surface area contributed by atoms with Crippen LogP contribution in [0.4, 0.5) is 0 Å². The Balaban J connectivity index is 2.36. The lowest BCUT2D eigenvalue weighted by Crippen LogP contribution is -2.34. The minimum absolute atomic E-state index is 0.116. The first-order valence-electron chi connectivity index (χ1n) is 5.37. The Morgan fingerprint density at radius 1 is 1.44 bits per heavy atom. The predicted octanol–water partition coefficient (Wildman–Crippen LogP) is 1.14. The highest BCUT2D eigenvalue weighted by molar-refractivity contribution is 7.11. The first-order valence-corrected chi connectivity index (χ1v) is 6.19. The molecule has 0 aliphatic carbocycles. The van der Waals surface area contributed by atoms with Gasteiger partial charge in [-0.3, -0.25) is 4.79 Å². The molecule has 16 heavy (non-hydrogen) atoms. The van der Waals surface area contributed by atoms with Crippen molar-refractivity contribution >= 4 is 17.2 Å². The van der Waals surface area contributed by atoms with Crippen LogP contribution >= 0.6 is 11.3 Å². The van der Waals surface area contributed by atoms with Gasteiger partial charge in [0, 0.05) is 6.61 Å². The molecule has 0 unspecified atom stereocenters. The zero-order valence-corrected chi connectivity index (χ0v) is 10.6. The Labute approximate surface area is 99.2 Å². The molecule has 1 atom stereocenters. The normalized spacial score (nSPS) is 12.4. The molecule has 0 fully saturated rings. The molecule has 5 nitrogen and oxygen atoms in total. The fourth-order valence-electron chi connectivity index (χ4n) is 1.13. The maximum Gasteiger partial charge on any atom is 0.249 e. The van der Waals surface area contributed by atoms with Crippen molar-refractivity contribution in [3.8, 4) is 0 Å². The predicted molar refractivity (Wildman–Crippen MR) is 62.2 cm³/mol. The van der Waals surface area contributed by atoms with E-state index < -0.39 is 6.10 Å². The minimum atomic E-state index is -0.413. The highest BCUT2D eigenvalue weighted by atomic mass is 32.1. The summed E-state index contributed by atoms with van der Waals surface area (Å²) in [4.78, 5) is 11.5. The van der Waals surface area contributed by atoms with E-state index in [-0.39, 0.29) is 5.91 Å². The van der Waals surface area contributed by atoms with Crippen LogP contribution < -0.4 is 5.32 Å². The molecule has 0 aliphatic heterocycles. The zero-order valence-electron chi connectivity index (χ0n) is 9.82. The Bertz CT molecular complexity index is 341. The van der Waals surface area contributed by atoms with Gasteiger partial charge in [0.1, 0.15) is 16.1 Å². The van der Waals surface area contributed by atoms with E-state index in [0.717, 1.165) is 16.4 Å². The quantitative estimate of drug-likeness (QED) is 0.814. The first-order chi connectivity index (χ1) is 7.67. The summed E-state index contributed by atoms with van der Waals surface area (Å²) in [6.45, 7) is 6.58. The van der Waals surface area contributed by atoms with E-state index in [2.05, 4.69) is 15.5 Å². The number of carbonyl (C=O) groups excluding carboxylic acids is 1. The van der Waals surface area contributed by atoms with Crippen molar-refractivity contribution < 1.29 is 9.53 Å². The van der Waals surface area contributed by atoms with Crippen molar-refractivity contribution in [3.63, 3.8) is 0 Å². The zero-order chi connectivity index (χ0) is 12.0. The van der Waals surface area contributed by atoms with Crippen LogP contribution in [0.2, 0.25) is 0 Å². The molecule has 1 aromatic rings. The van der Waals surface area contributed by atoms with Crippen LogP contribution in [0.5, 0.6) is 0 Å². The summed E-state index contributed by atoms with van der Waals surface area (Å²) < 4.78 is 5.17. The second-order valence-electron chi connectivity index (χ2n) is 3.26. The summed E-state index contributed by atoms with van der Waals surface area (Å²) in [6, 6.07) is 0. The van der Waals surface area contributed by atoms with Gasteiger partial charge in [0.15, 0.2) is 0 Å². The van der Waals surface area contributed by atoms with Gasteiger partial charge in [-0.15, -0.1) is 10.2 Å². The molecule has 0 aliphatic rings. The van der Waals surface area contributed by atoms with Crippen LogP contribution in [-0.2, 0) is 22.5 Å². The van der Waals surface area contributed by atoms with E-state index in [0.29, 0.717) is 13.2 Å². The van der Waals surface area contributed by atoms with Gasteiger partial charge in [0.05, 0.1) is 6.54 Å². The molecule has 0 saturated heterocycles. The van der Waals surface area contributed by atoms with Crippen molar-refractivity contribution in [1.29, 1.82) is 0 Å². The van der Waals surface area contributed by atoms with Gasteiger partial charge in [-0.25, -0.2) is 0 Å². The number of aromatic nitrogens is 2. The molecule has 1 heterocycles. The molecule has 0 radical (unpaired) electrons. The smallest absolute Gasteiger partial charge is 0.249 e. The maximum atomic E-state index is 11.5. The Hall–Kier alpha value is -1.01. The van der Waals surface area contributed by atoms with Gasteiger partial charge in [-0.2, -0.15) is 0 Å². The van der Waals surface area contributed by atoms with E-state index in [1.807, 2.05) is 13.8 Å². The third kappa shape index (κ3) is 3.86. The highest BCUT2D eigenvalue weighted by Crippen LogP contribution is 2.09. The summed E-state index contributed by atoms with van der Waals surface area (Å²) in [5, 5.41) is 12.5. The Kier molecular flexibility index (Phi) is 5.34.